The number of nitrogens with one attached hydrogen (secondary N) is 1. The van der Waals surface area contributed by atoms with Gasteiger partial charge in [0.15, 0.2) is 0 Å². The first-order valence-electron chi connectivity index (χ1n) is 4.75. The summed E-state index contributed by atoms with van der Waals surface area (Å²) in [5.41, 5.74) is 1.82. The Kier molecular flexibility index (Phi) is 4.23. The molecule has 15 heavy (non-hydrogen) atoms. The van der Waals surface area contributed by atoms with Crippen LogP contribution in [0.3, 0.4) is 0 Å². The monoisotopic (exact) mass is 228 g/mol. The Balaban J connectivity index is 2.77. The molecule has 1 aromatic rings. The second-order valence-electron chi connectivity index (χ2n) is 3.55. The summed E-state index contributed by atoms with van der Waals surface area (Å²) in [6.07, 6.45) is 3.39. The lowest BCUT2D eigenvalue weighted by atomic mass is 10.2. The zero-order chi connectivity index (χ0) is 11.4. The van der Waals surface area contributed by atoms with Crippen LogP contribution >= 0.6 is 0 Å². The molecule has 0 saturated carbocycles. The van der Waals surface area contributed by atoms with E-state index >= 15 is 0 Å². The van der Waals surface area contributed by atoms with Crippen molar-refractivity contribution in [2.75, 3.05) is 12.8 Å². The molecule has 84 valence electrons. The summed E-state index contributed by atoms with van der Waals surface area (Å²) >= 11 is 0. The quantitative estimate of drug-likeness (QED) is 0.808. The van der Waals surface area contributed by atoms with Gasteiger partial charge in [0.05, 0.1) is 11.0 Å². The molecule has 0 aliphatic heterocycles. The van der Waals surface area contributed by atoms with Crippen LogP contribution in [0.4, 0.5) is 0 Å². The van der Waals surface area contributed by atoms with E-state index in [0.717, 1.165) is 11.1 Å². The van der Waals surface area contributed by atoms with E-state index in [1.165, 1.54) is 0 Å². The minimum absolute atomic E-state index is 0.0179. The SMILES string of the molecule is Cc1cc(C)c(=O)n(CCNS(C)=O)c1. The molecule has 1 unspecified atom stereocenters. The van der Waals surface area contributed by atoms with Gasteiger partial charge >= 0.3 is 0 Å². The van der Waals surface area contributed by atoms with Crippen LogP contribution in [0.15, 0.2) is 17.1 Å². The fraction of sp³-hybridized carbons (Fsp3) is 0.500. The van der Waals surface area contributed by atoms with Gasteiger partial charge in [-0.25, -0.2) is 8.93 Å². The van der Waals surface area contributed by atoms with Crippen LogP contribution in [0.2, 0.25) is 0 Å². The second kappa shape index (κ2) is 5.23. The van der Waals surface area contributed by atoms with Crippen LogP contribution in [0.1, 0.15) is 11.1 Å². The van der Waals surface area contributed by atoms with Crippen LogP contribution < -0.4 is 10.3 Å². The number of aryl methyl sites for hydroxylation is 2. The average Bonchev–Trinajstić information content (AvgIpc) is 2.12. The molecule has 0 saturated heterocycles. The highest BCUT2D eigenvalue weighted by Crippen LogP contribution is 1.96. The van der Waals surface area contributed by atoms with E-state index in [1.54, 1.807) is 17.7 Å². The summed E-state index contributed by atoms with van der Waals surface area (Å²) < 4.78 is 15.2. The second-order valence-corrected chi connectivity index (χ2v) is 4.74. The lowest BCUT2D eigenvalue weighted by Crippen LogP contribution is -2.28. The van der Waals surface area contributed by atoms with Crippen molar-refractivity contribution in [3.05, 3.63) is 33.7 Å². The van der Waals surface area contributed by atoms with Gasteiger partial charge in [-0.1, -0.05) is 0 Å². The van der Waals surface area contributed by atoms with Crippen LogP contribution in [-0.4, -0.2) is 21.6 Å². The summed E-state index contributed by atoms with van der Waals surface area (Å²) in [4.78, 5) is 11.7. The molecule has 0 aliphatic carbocycles. The highest BCUT2D eigenvalue weighted by Gasteiger charge is 2.00. The third-order valence-corrected chi connectivity index (χ3v) is 2.67. The maximum absolute atomic E-state index is 11.7. The summed E-state index contributed by atoms with van der Waals surface area (Å²) in [6, 6.07) is 1.87. The molecule has 4 nitrogen and oxygen atoms in total. The molecular weight excluding hydrogens is 212 g/mol. The van der Waals surface area contributed by atoms with Gasteiger partial charge < -0.3 is 4.57 Å². The lowest BCUT2D eigenvalue weighted by molar-refractivity contribution is 0.636. The smallest absolute Gasteiger partial charge is 0.253 e. The maximum atomic E-state index is 11.7. The Hall–Kier alpha value is -0.940. The molecule has 1 heterocycles. The Bertz CT molecular complexity index is 426. The van der Waals surface area contributed by atoms with Crippen molar-refractivity contribution in [3.63, 3.8) is 0 Å². The normalized spacial score (nSPS) is 12.7. The van der Waals surface area contributed by atoms with Gasteiger partial charge in [-0.3, -0.25) is 4.79 Å². The van der Waals surface area contributed by atoms with Crippen molar-refractivity contribution in [1.29, 1.82) is 0 Å². The largest absolute Gasteiger partial charge is 0.314 e. The zero-order valence-corrected chi connectivity index (χ0v) is 10.1. The van der Waals surface area contributed by atoms with Crippen molar-refractivity contribution < 1.29 is 4.21 Å². The molecule has 0 fully saturated rings. The summed E-state index contributed by atoms with van der Waals surface area (Å²) in [7, 11) is -1.02. The number of hydrogen-bond acceptors (Lipinski definition) is 2. The fourth-order valence-corrected chi connectivity index (χ4v) is 1.83. The van der Waals surface area contributed by atoms with E-state index in [4.69, 9.17) is 0 Å². The maximum Gasteiger partial charge on any atom is 0.253 e. The topological polar surface area (TPSA) is 51.1 Å². The van der Waals surface area contributed by atoms with Crippen molar-refractivity contribution in [3.8, 4) is 0 Å². The number of rotatable bonds is 4. The highest BCUT2D eigenvalue weighted by atomic mass is 32.2. The van der Waals surface area contributed by atoms with Crippen molar-refractivity contribution in [2.45, 2.75) is 20.4 Å². The third-order valence-electron chi connectivity index (χ3n) is 2.06. The van der Waals surface area contributed by atoms with Gasteiger partial charge in [0, 0.05) is 31.1 Å². The van der Waals surface area contributed by atoms with E-state index in [-0.39, 0.29) is 5.56 Å². The molecule has 0 bridgehead atoms. The number of pyridine rings is 1. The first kappa shape index (κ1) is 12.1. The molecule has 0 aromatic carbocycles. The van der Waals surface area contributed by atoms with Crippen molar-refractivity contribution in [1.82, 2.24) is 9.29 Å². The van der Waals surface area contributed by atoms with Gasteiger partial charge in [-0.2, -0.15) is 0 Å². The Morgan fingerprint density at radius 2 is 2.13 bits per heavy atom. The number of hydrogen-bond donors (Lipinski definition) is 1. The van der Waals surface area contributed by atoms with Crippen molar-refractivity contribution in [2.24, 2.45) is 0 Å². The molecule has 0 aliphatic rings. The molecule has 0 amide bonds. The number of nitrogens with zero attached hydrogens (tertiary/aromatic N) is 1. The van der Waals surface area contributed by atoms with Gasteiger partial charge in [0.1, 0.15) is 0 Å². The summed E-state index contributed by atoms with van der Waals surface area (Å²) in [5.74, 6) is 0. The summed E-state index contributed by atoms with van der Waals surface area (Å²) in [6.45, 7) is 4.83. The predicted octanol–water partition coefficient (Wildman–Crippen LogP) is 0.348. The lowest BCUT2D eigenvalue weighted by Gasteiger charge is -2.08. The fourth-order valence-electron chi connectivity index (χ4n) is 1.45. The van der Waals surface area contributed by atoms with Crippen LogP contribution in [0, 0.1) is 13.8 Å². The molecule has 1 aromatic heterocycles. The number of aromatic nitrogens is 1. The standard InChI is InChI=1S/C10H16N2O2S/c1-8-6-9(2)10(13)12(7-8)5-4-11-15(3)14/h6-7,11H,4-5H2,1-3H3. The van der Waals surface area contributed by atoms with Gasteiger partial charge in [-0.15, -0.1) is 0 Å². The highest BCUT2D eigenvalue weighted by molar-refractivity contribution is 7.82. The molecule has 0 spiro atoms. The molecule has 1 atom stereocenters. The first-order valence-corrected chi connectivity index (χ1v) is 6.31. The van der Waals surface area contributed by atoms with Gasteiger partial charge in [0.25, 0.3) is 5.56 Å². The van der Waals surface area contributed by atoms with E-state index in [9.17, 15) is 9.00 Å². The first-order chi connectivity index (χ1) is 7.00. The van der Waals surface area contributed by atoms with E-state index in [2.05, 4.69) is 4.72 Å². The molecule has 1 N–H and O–H groups in total. The van der Waals surface area contributed by atoms with Crippen LogP contribution in [0.25, 0.3) is 0 Å². The molecular formula is C10H16N2O2S. The molecule has 0 radical (unpaired) electrons. The molecule has 5 heteroatoms. The van der Waals surface area contributed by atoms with E-state index < -0.39 is 11.0 Å². The zero-order valence-electron chi connectivity index (χ0n) is 9.24. The minimum Gasteiger partial charge on any atom is -0.314 e. The van der Waals surface area contributed by atoms with E-state index in [1.807, 2.05) is 19.2 Å². The van der Waals surface area contributed by atoms with Gasteiger partial charge in [0.2, 0.25) is 0 Å². The van der Waals surface area contributed by atoms with Crippen LogP contribution in [0.5, 0.6) is 0 Å². The van der Waals surface area contributed by atoms with Crippen molar-refractivity contribution >= 4 is 11.0 Å². The Morgan fingerprint density at radius 1 is 1.47 bits per heavy atom. The van der Waals surface area contributed by atoms with E-state index in [0.29, 0.717) is 13.1 Å². The average molecular weight is 228 g/mol. The predicted molar refractivity (Wildman–Crippen MR) is 62.2 cm³/mol. The van der Waals surface area contributed by atoms with Crippen LogP contribution in [-0.2, 0) is 17.5 Å². The minimum atomic E-state index is -1.02. The Morgan fingerprint density at radius 3 is 2.73 bits per heavy atom. The Labute approximate surface area is 91.9 Å². The molecule has 1 rings (SSSR count). The third kappa shape index (κ3) is 3.60. The summed E-state index contributed by atoms with van der Waals surface area (Å²) in [5, 5.41) is 0. The van der Waals surface area contributed by atoms with Gasteiger partial charge in [-0.05, 0) is 25.5 Å².